The van der Waals surface area contributed by atoms with Crippen LogP contribution >= 0.6 is 15.6 Å². The summed E-state index contributed by atoms with van der Waals surface area (Å²) < 4.78 is 69.2. The molecule has 0 spiro atoms. The van der Waals surface area contributed by atoms with Crippen LogP contribution in [0.5, 0.6) is 0 Å². The average molecular weight is 1480 g/mol. The van der Waals surface area contributed by atoms with Gasteiger partial charge in [0, 0.05) is 32.3 Å². The number of aldehydes is 1. The molecule has 0 saturated carbocycles. The number of rotatable bonds is 77. The summed E-state index contributed by atoms with van der Waals surface area (Å²) in [5.41, 5.74) is 0. The van der Waals surface area contributed by atoms with Crippen LogP contribution in [-0.2, 0) is 65.4 Å². The van der Waals surface area contributed by atoms with Gasteiger partial charge in [-0.05, 0) is 135 Å². The van der Waals surface area contributed by atoms with Crippen molar-refractivity contribution in [3.63, 3.8) is 0 Å². The maximum atomic E-state index is 13.1. The van der Waals surface area contributed by atoms with Crippen LogP contribution in [0.4, 0.5) is 0 Å². The fraction of sp³-hybridized carbons (Fsp3) is 0.735. The third-order valence-electron chi connectivity index (χ3n) is 16.7. The minimum atomic E-state index is -4.96. The highest BCUT2D eigenvalue weighted by Gasteiger charge is 2.30. The second-order valence-electron chi connectivity index (χ2n) is 26.6. The molecule has 0 aromatic rings. The number of allylic oxidation sites excluding steroid dienone is 18. The van der Waals surface area contributed by atoms with E-state index in [1.54, 1.807) is 0 Å². The molecule has 0 radical (unpaired) electrons. The molecule has 3 N–H and O–H groups in total. The van der Waals surface area contributed by atoms with Crippen molar-refractivity contribution in [2.45, 2.75) is 347 Å². The van der Waals surface area contributed by atoms with Crippen molar-refractivity contribution in [1.82, 2.24) is 0 Å². The molecule has 0 bridgehead atoms. The van der Waals surface area contributed by atoms with E-state index in [1.165, 1.54) is 109 Å². The number of carbonyl (C=O) groups excluding carboxylic acids is 4. The summed E-state index contributed by atoms with van der Waals surface area (Å²) >= 11 is 0. The van der Waals surface area contributed by atoms with Crippen LogP contribution in [-0.4, -0.2) is 104 Å². The summed E-state index contributed by atoms with van der Waals surface area (Å²) in [6.45, 7) is 3.48. The zero-order chi connectivity index (χ0) is 74.4. The smallest absolute Gasteiger partial charge is 0.462 e. The molecular formula is C83H144O17P2. The lowest BCUT2D eigenvalue weighted by atomic mass is 10.0. The quantitative estimate of drug-likeness (QED) is 0.0128. The Morgan fingerprint density at radius 2 is 0.588 bits per heavy atom. The Kier molecular flexibility index (Phi) is 73.4. The Morgan fingerprint density at radius 3 is 0.980 bits per heavy atom. The SMILES string of the molecule is CCCCC/C=C\C/C=C\C/C=C\C/C=C\CCCC(=O)OC[C@H](COP(=O)(O)OC[C@@H](O)COP(=O)(O)OC[C@@H](COCCCCCCCCC/C=C\CCCCCCC=O)OC(=O)CCC/C=C\C/C=C\C/C=C\C/C=C\CCCCC)OC(=O)CCCCCCCCCCCCCCC. The zero-order valence-corrected chi connectivity index (χ0v) is 65.8. The molecule has 0 amide bonds. The van der Waals surface area contributed by atoms with Crippen molar-refractivity contribution in [3.05, 3.63) is 109 Å². The second kappa shape index (κ2) is 76.5. The van der Waals surface area contributed by atoms with Crippen molar-refractivity contribution in [1.29, 1.82) is 0 Å². The van der Waals surface area contributed by atoms with Gasteiger partial charge in [-0.3, -0.25) is 32.5 Å². The van der Waals surface area contributed by atoms with Gasteiger partial charge in [-0.1, -0.05) is 278 Å². The Balaban J connectivity index is 5.37. The maximum Gasteiger partial charge on any atom is 0.472 e. The molecule has 2 unspecified atom stereocenters. The zero-order valence-electron chi connectivity index (χ0n) is 64.0. The summed E-state index contributed by atoms with van der Waals surface area (Å²) in [6, 6.07) is 0. The van der Waals surface area contributed by atoms with Crippen LogP contribution < -0.4 is 0 Å². The first-order chi connectivity index (χ1) is 49.8. The van der Waals surface area contributed by atoms with Crippen molar-refractivity contribution >= 4 is 39.8 Å². The van der Waals surface area contributed by atoms with Crippen molar-refractivity contribution in [2.24, 2.45) is 0 Å². The second-order valence-corrected chi connectivity index (χ2v) is 29.5. The molecule has 102 heavy (non-hydrogen) atoms. The highest BCUT2D eigenvalue weighted by atomic mass is 31.2. The molecule has 0 fully saturated rings. The van der Waals surface area contributed by atoms with Gasteiger partial charge in [-0.25, -0.2) is 9.13 Å². The molecular weight excluding hydrogens is 1330 g/mol. The van der Waals surface area contributed by atoms with E-state index in [0.717, 1.165) is 148 Å². The lowest BCUT2D eigenvalue weighted by Crippen LogP contribution is -2.30. The summed E-state index contributed by atoms with van der Waals surface area (Å²) in [7, 11) is -9.87. The van der Waals surface area contributed by atoms with Crippen LogP contribution in [0.3, 0.4) is 0 Å². The number of esters is 3. The highest BCUT2D eigenvalue weighted by Crippen LogP contribution is 2.45. The maximum absolute atomic E-state index is 13.1. The molecule has 5 atom stereocenters. The molecule has 0 aliphatic carbocycles. The van der Waals surface area contributed by atoms with E-state index >= 15 is 0 Å². The third kappa shape index (κ3) is 75.6. The largest absolute Gasteiger partial charge is 0.472 e. The van der Waals surface area contributed by atoms with Gasteiger partial charge in [-0.2, -0.15) is 0 Å². The van der Waals surface area contributed by atoms with Crippen LogP contribution in [0.2, 0.25) is 0 Å². The molecule has 0 aromatic carbocycles. The standard InChI is InChI=1S/C83H144O17P2/c1-4-7-10-13-16-19-22-25-27-29-33-38-42-47-52-57-62-67-81(86)94-75-80(100-83(88)69-64-59-54-48-43-37-24-21-18-15-12-9-6-3)77-98-102(91,92)96-73-78(85)72-95-101(89,90)97-76-79(74-93-71-66-61-56-51-46-41-36-32-31-35-40-45-50-55-60-65-70-84)99-82(87)68-63-58-53-49-44-39-34-30-28-26-23-20-17-14-11-8-5-2/h16-17,19-20,25-28,31,33-35,38-39,47,49,52-53,70,78-80,85H,4-15,18,21-24,29-30,32,36-37,40-46,48,50-51,54-69,71-77H2,1-3H3,(H,89,90)(H,91,92)/b19-16-,20-17-,27-25-,28-26-,35-31-,38-33-,39-34-,52-47-,53-49-/t78-,79+,80+/m0/s1. The van der Waals surface area contributed by atoms with Gasteiger partial charge in [-0.15, -0.1) is 0 Å². The van der Waals surface area contributed by atoms with Crippen LogP contribution in [0, 0.1) is 0 Å². The lowest BCUT2D eigenvalue weighted by molar-refractivity contribution is -0.161. The Bertz CT molecular complexity index is 2330. The van der Waals surface area contributed by atoms with Crippen LogP contribution in [0.1, 0.15) is 329 Å². The molecule has 0 rings (SSSR count). The van der Waals surface area contributed by atoms with Gasteiger partial charge in [0.05, 0.1) is 33.0 Å². The van der Waals surface area contributed by atoms with Crippen molar-refractivity contribution in [3.8, 4) is 0 Å². The van der Waals surface area contributed by atoms with Gasteiger partial charge in [0.25, 0.3) is 0 Å². The molecule has 0 aliphatic rings. The van der Waals surface area contributed by atoms with Crippen LogP contribution in [0.25, 0.3) is 0 Å². The first-order valence-corrected chi connectivity index (χ1v) is 43.1. The van der Waals surface area contributed by atoms with E-state index in [-0.39, 0.29) is 25.9 Å². The Morgan fingerprint density at radius 1 is 0.314 bits per heavy atom. The van der Waals surface area contributed by atoms with Gasteiger partial charge in [0.2, 0.25) is 0 Å². The molecule has 588 valence electrons. The highest BCUT2D eigenvalue weighted by molar-refractivity contribution is 7.47. The van der Waals surface area contributed by atoms with Crippen LogP contribution in [0.15, 0.2) is 109 Å². The fourth-order valence-electron chi connectivity index (χ4n) is 10.6. The van der Waals surface area contributed by atoms with Gasteiger partial charge >= 0.3 is 33.6 Å². The number of aliphatic hydroxyl groups is 1. The topological polar surface area (TPSA) is 237 Å². The first kappa shape index (κ1) is 97.9. The molecule has 0 heterocycles. The van der Waals surface area contributed by atoms with Gasteiger partial charge < -0.3 is 38.6 Å². The predicted molar refractivity (Wildman–Crippen MR) is 418 cm³/mol. The molecule has 0 saturated heterocycles. The van der Waals surface area contributed by atoms with Gasteiger partial charge in [0.15, 0.2) is 6.10 Å². The number of unbranched alkanes of at least 4 members (excludes halogenated alkanes) is 32. The normalized spacial score (nSPS) is 14.5. The fourth-order valence-corrected chi connectivity index (χ4v) is 12.2. The van der Waals surface area contributed by atoms with E-state index in [4.69, 9.17) is 37.0 Å². The minimum Gasteiger partial charge on any atom is -0.462 e. The van der Waals surface area contributed by atoms with Gasteiger partial charge in [0.1, 0.15) is 25.1 Å². The number of phosphoric ester groups is 2. The average Bonchev–Trinajstić information content (AvgIpc) is 0.916. The number of hydrogen-bond acceptors (Lipinski definition) is 15. The lowest BCUT2D eigenvalue weighted by Gasteiger charge is -2.21. The summed E-state index contributed by atoms with van der Waals surface area (Å²) in [6.07, 6.45) is 82.8. The number of carbonyl (C=O) groups is 4. The monoisotopic (exact) mass is 1470 g/mol. The van der Waals surface area contributed by atoms with E-state index in [0.29, 0.717) is 45.1 Å². The van der Waals surface area contributed by atoms with E-state index in [1.807, 2.05) is 18.2 Å². The van der Waals surface area contributed by atoms with Crippen molar-refractivity contribution < 1.29 is 80.2 Å². The summed E-state index contributed by atoms with van der Waals surface area (Å²) in [5.74, 6) is -1.65. The number of phosphoric acid groups is 2. The predicted octanol–water partition coefficient (Wildman–Crippen LogP) is 23.0. The molecule has 17 nitrogen and oxygen atoms in total. The summed E-state index contributed by atoms with van der Waals surface area (Å²) in [4.78, 5) is 70.6. The number of ether oxygens (including phenoxy) is 4. The Labute approximate surface area is 619 Å². The van der Waals surface area contributed by atoms with E-state index in [9.17, 15) is 43.2 Å². The van der Waals surface area contributed by atoms with E-state index in [2.05, 4.69) is 112 Å². The molecule has 19 heteroatoms. The van der Waals surface area contributed by atoms with E-state index < -0.39 is 84.9 Å². The molecule has 0 aromatic heterocycles. The third-order valence-corrected chi connectivity index (χ3v) is 18.6. The minimum absolute atomic E-state index is 0.0942. The Hall–Kier alpha value is -4.12. The number of aliphatic hydroxyl groups excluding tert-OH is 1. The number of hydrogen-bond donors (Lipinski definition) is 3. The van der Waals surface area contributed by atoms with Crippen molar-refractivity contribution in [2.75, 3.05) is 46.2 Å². The molecule has 0 aliphatic heterocycles. The summed E-state index contributed by atoms with van der Waals surface area (Å²) in [5, 5.41) is 10.6. The first-order valence-electron chi connectivity index (χ1n) is 40.1.